The molecule has 3 aromatic carbocycles. The standard InChI is InChI=1S/C24H19N5O3S2/c1-24(17-11-10-15-6-2-3-7-16(15)12-17)21(31)29(22(32)27-24)13-20(30)26-18-8-4-5-9-19(18)34-23-28-25-14-33-23/h2-12,14H,13H2,1H3,(H,26,30)(H,27,32). The Labute approximate surface area is 203 Å². The average Bonchev–Trinajstić information content (AvgIpc) is 3.43. The lowest BCUT2D eigenvalue weighted by Crippen LogP contribution is -2.42. The van der Waals surface area contributed by atoms with Crippen LogP contribution < -0.4 is 10.6 Å². The van der Waals surface area contributed by atoms with Crippen molar-refractivity contribution in [1.29, 1.82) is 0 Å². The van der Waals surface area contributed by atoms with Gasteiger partial charge in [-0.05, 0) is 41.5 Å². The largest absolute Gasteiger partial charge is 0.325 e. The first-order valence-electron chi connectivity index (χ1n) is 10.4. The van der Waals surface area contributed by atoms with Crippen LogP contribution >= 0.6 is 23.1 Å². The molecule has 2 heterocycles. The number of fused-ring (bicyclic) bond motifs is 1. The van der Waals surface area contributed by atoms with Crippen molar-refractivity contribution in [2.75, 3.05) is 11.9 Å². The third kappa shape index (κ3) is 4.13. The van der Waals surface area contributed by atoms with Gasteiger partial charge in [-0.15, -0.1) is 10.2 Å². The minimum atomic E-state index is -1.26. The fraction of sp³-hybridized carbons (Fsp3) is 0.125. The number of para-hydroxylation sites is 1. The Morgan fingerprint density at radius 1 is 1.09 bits per heavy atom. The number of benzene rings is 3. The molecule has 1 saturated heterocycles. The van der Waals surface area contributed by atoms with E-state index in [-0.39, 0.29) is 0 Å². The fourth-order valence-electron chi connectivity index (χ4n) is 3.83. The molecule has 1 unspecified atom stereocenters. The van der Waals surface area contributed by atoms with Crippen LogP contribution in [0.15, 0.2) is 81.5 Å². The highest BCUT2D eigenvalue weighted by Gasteiger charge is 2.49. The van der Waals surface area contributed by atoms with Crippen molar-refractivity contribution in [3.05, 3.63) is 77.8 Å². The van der Waals surface area contributed by atoms with Crippen molar-refractivity contribution >= 4 is 57.4 Å². The van der Waals surface area contributed by atoms with Gasteiger partial charge in [0.1, 0.15) is 17.6 Å². The first-order chi connectivity index (χ1) is 16.4. The highest BCUT2D eigenvalue weighted by molar-refractivity contribution is 8.01. The molecule has 4 amide bonds. The quantitative estimate of drug-likeness (QED) is 0.393. The summed E-state index contributed by atoms with van der Waals surface area (Å²) in [6, 6.07) is 20.1. The molecule has 0 saturated carbocycles. The molecule has 0 aliphatic carbocycles. The van der Waals surface area contributed by atoms with Crippen molar-refractivity contribution in [1.82, 2.24) is 20.4 Å². The minimum Gasteiger partial charge on any atom is -0.323 e. The first-order valence-corrected chi connectivity index (χ1v) is 12.1. The van der Waals surface area contributed by atoms with Gasteiger partial charge in [-0.1, -0.05) is 71.6 Å². The molecule has 0 radical (unpaired) electrons. The summed E-state index contributed by atoms with van der Waals surface area (Å²) in [6.45, 7) is 1.26. The average molecular weight is 490 g/mol. The van der Waals surface area contributed by atoms with E-state index in [0.29, 0.717) is 11.3 Å². The van der Waals surface area contributed by atoms with Crippen molar-refractivity contribution in [2.24, 2.45) is 0 Å². The van der Waals surface area contributed by atoms with E-state index < -0.39 is 29.9 Å². The molecule has 34 heavy (non-hydrogen) atoms. The SMILES string of the molecule is CC1(c2ccc3ccccc3c2)NC(=O)N(CC(=O)Nc2ccccc2Sc2nncs2)C1=O. The lowest BCUT2D eigenvalue weighted by molar-refractivity contribution is -0.133. The van der Waals surface area contributed by atoms with Gasteiger partial charge < -0.3 is 10.6 Å². The number of anilines is 1. The third-order valence-electron chi connectivity index (χ3n) is 5.60. The molecule has 1 aliphatic heterocycles. The number of carbonyl (C=O) groups is 3. The monoisotopic (exact) mass is 489 g/mol. The summed E-state index contributed by atoms with van der Waals surface area (Å²) in [5.74, 6) is -0.948. The second kappa shape index (κ2) is 8.88. The van der Waals surface area contributed by atoms with Gasteiger partial charge in [-0.25, -0.2) is 4.79 Å². The van der Waals surface area contributed by atoms with Crippen LogP contribution in [0.2, 0.25) is 0 Å². The molecule has 1 fully saturated rings. The molecule has 4 aromatic rings. The lowest BCUT2D eigenvalue weighted by Gasteiger charge is -2.22. The minimum absolute atomic E-state index is 0.397. The Morgan fingerprint density at radius 2 is 1.85 bits per heavy atom. The number of nitrogens with zero attached hydrogens (tertiary/aromatic N) is 3. The molecule has 0 bridgehead atoms. The Bertz CT molecular complexity index is 1410. The zero-order valence-electron chi connectivity index (χ0n) is 18.0. The summed E-state index contributed by atoms with van der Waals surface area (Å²) < 4.78 is 0.738. The van der Waals surface area contributed by atoms with Gasteiger partial charge in [-0.3, -0.25) is 14.5 Å². The number of amides is 4. The van der Waals surface area contributed by atoms with Crippen LogP contribution in [0.25, 0.3) is 10.8 Å². The summed E-state index contributed by atoms with van der Waals surface area (Å²) in [7, 11) is 0. The number of rotatable bonds is 6. The molecule has 1 atom stereocenters. The number of carbonyl (C=O) groups excluding carboxylic acids is 3. The van der Waals surface area contributed by atoms with E-state index in [2.05, 4.69) is 20.8 Å². The van der Waals surface area contributed by atoms with Crippen molar-refractivity contribution in [3.8, 4) is 0 Å². The summed E-state index contributed by atoms with van der Waals surface area (Å²) in [4.78, 5) is 40.5. The van der Waals surface area contributed by atoms with Crippen LogP contribution in [0, 0.1) is 0 Å². The summed E-state index contributed by atoms with van der Waals surface area (Å²) in [5.41, 5.74) is 1.60. The fourth-order valence-corrected chi connectivity index (χ4v) is 5.35. The van der Waals surface area contributed by atoms with E-state index in [1.165, 1.54) is 23.1 Å². The number of hydrogen-bond acceptors (Lipinski definition) is 7. The Kier molecular flexibility index (Phi) is 5.76. The molecule has 8 nitrogen and oxygen atoms in total. The maximum Gasteiger partial charge on any atom is 0.325 e. The Morgan fingerprint density at radius 3 is 2.65 bits per heavy atom. The van der Waals surface area contributed by atoms with Gasteiger partial charge >= 0.3 is 6.03 Å². The lowest BCUT2D eigenvalue weighted by atomic mass is 9.90. The van der Waals surface area contributed by atoms with Crippen molar-refractivity contribution in [3.63, 3.8) is 0 Å². The highest BCUT2D eigenvalue weighted by atomic mass is 32.2. The summed E-state index contributed by atoms with van der Waals surface area (Å²) in [6.07, 6.45) is 0. The molecule has 1 aromatic heterocycles. The van der Waals surface area contributed by atoms with Gasteiger partial charge in [0, 0.05) is 4.90 Å². The normalized spacial score (nSPS) is 17.7. The predicted molar refractivity (Wildman–Crippen MR) is 131 cm³/mol. The molecule has 1 aliphatic rings. The van der Waals surface area contributed by atoms with E-state index in [9.17, 15) is 14.4 Å². The molecule has 170 valence electrons. The van der Waals surface area contributed by atoms with Crippen molar-refractivity contribution in [2.45, 2.75) is 21.7 Å². The number of urea groups is 1. The smallest absolute Gasteiger partial charge is 0.323 e. The van der Waals surface area contributed by atoms with E-state index in [1.807, 2.05) is 54.6 Å². The van der Waals surface area contributed by atoms with Gasteiger partial charge in [0.25, 0.3) is 5.91 Å². The summed E-state index contributed by atoms with van der Waals surface area (Å²) in [5, 5.41) is 15.4. The zero-order valence-corrected chi connectivity index (χ0v) is 19.7. The second-order valence-corrected chi connectivity index (χ2v) is 9.98. The van der Waals surface area contributed by atoms with E-state index in [4.69, 9.17) is 0 Å². The summed E-state index contributed by atoms with van der Waals surface area (Å²) >= 11 is 2.77. The van der Waals surface area contributed by atoms with Crippen LogP contribution in [0.4, 0.5) is 10.5 Å². The Hall–Kier alpha value is -3.76. The van der Waals surface area contributed by atoms with Gasteiger partial charge in [0.05, 0.1) is 5.69 Å². The third-order valence-corrected chi connectivity index (χ3v) is 7.46. The molecular weight excluding hydrogens is 470 g/mol. The molecule has 2 N–H and O–H groups in total. The van der Waals surface area contributed by atoms with E-state index in [0.717, 1.165) is 24.9 Å². The maximum atomic E-state index is 13.3. The van der Waals surface area contributed by atoms with Crippen LogP contribution in [-0.2, 0) is 15.1 Å². The Balaban J connectivity index is 1.33. The van der Waals surface area contributed by atoms with Crippen LogP contribution in [-0.4, -0.2) is 39.5 Å². The molecule has 10 heteroatoms. The zero-order chi connectivity index (χ0) is 23.7. The van der Waals surface area contributed by atoms with Gasteiger partial charge in [-0.2, -0.15) is 0 Å². The van der Waals surface area contributed by atoms with Crippen molar-refractivity contribution < 1.29 is 14.4 Å². The topological polar surface area (TPSA) is 104 Å². The van der Waals surface area contributed by atoms with Crippen LogP contribution in [0.3, 0.4) is 0 Å². The number of nitrogens with one attached hydrogen (secondary N) is 2. The van der Waals surface area contributed by atoms with Gasteiger partial charge in [0.2, 0.25) is 5.91 Å². The van der Waals surface area contributed by atoms with Crippen LogP contribution in [0.5, 0.6) is 0 Å². The predicted octanol–water partition coefficient (Wildman–Crippen LogP) is 4.25. The number of hydrogen-bond donors (Lipinski definition) is 2. The molecule has 5 rings (SSSR count). The van der Waals surface area contributed by atoms with Gasteiger partial charge in [0.15, 0.2) is 4.34 Å². The van der Waals surface area contributed by atoms with Crippen LogP contribution in [0.1, 0.15) is 12.5 Å². The van der Waals surface area contributed by atoms with E-state index in [1.54, 1.807) is 24.6 Å². The van der Waals surface area contributed by atoms with E-state index >= 15 is 0 Å². The first kappa shape index (κ1) is 22.1. The second-order valence-electron chi connectivity index (χ2n) is 7.86. The molecule has 0 spiro atoms. The number of aromatic nitrogens is 2. The highest BCUT2D eigenvalue weighted by Crippen LogP contribution is 2.34. The molecular formula is C24H19N5O3S2. The number of imide groups is 1. The maximum absolute atomic E-state index is 13.3.